The standard InChI is InChI=1S/C11H10F3N3S/c1-2-18-11-5-10(15)17(16-11)9-4-7(13)6(12)3-8(9)14/h3-5H,2,15H2,1H3. The van der Waals surface area contributed by atoms with E-state index in [1.807, 2.05) is 6.92 Å². The van der Waals surface area contributed by atoms with Crippen molar-refractivity contribution in [2.75, 3.05) is 11.5 Å². The number of anilines is 1. The molecule has 0 saturated heterocycles. The van der Waals surface area contributed by atoms with Crippen LogP contribution < -0.4 is 5.73 Å². The van der Waals surface area contributed by atoms with Gasteiger partial charge in [0, 0.05) is 18.2 Å². The summed E-state index contributed by atoms with van der Waals surface area (Å²) < 4.78 is 40.5. The van der Waals surface area contributed by atoms with E-state index in [2.05, 4.69) is 5.10 Å². The third-order valence-corrected chi connectivity index (χ3v) is 3.01. The summed E-state index contributed by atoms with van der Waals surface area (Å²) in [6.07, 6.45) is 0. The molecule has 1 heterocycles. The molecule has 0 atom stereocenters. The molecular formula is C11H10F3N3S. The first-order chi connectivity index (χ1) is 8.52. The van der Waals surface area contributed by atoms with E-state index in [0.717, 1.165) is 16.5 Å². The van der Waals surface area contributed by atoms with Crippen LogP contribution in [0.5, 0.6) is 0 Å². The van der Waals surface area contributed by atoms with E-state index < -0.39 is 17.5 Å². The van der Waals surface area contributed by atoms with Crippen LogP contribution in [0.2, 0.25) is 0 Å². The van der Waals surface area contributed by atoms with Gasteiger partial charge < -0.3 is 5.73 Å². The lowest BCUT2D eigenvalue weighted by Crippen LogP contribution is -2.05. The lowest BCUT2D eigenvalue weighted by atomic mass is 10.3. The van der Waals surface area contributed by atoms with Gasteiger partial charge in [-0.25, -0.2) is 17.9 Å². The highest BCUT2D eigenvalue weighted by atomic mass is 32.2. The minimum atomic E-state index is -1.25. The number of halogens is 3. The third kappa shape index (κ3) is 2.31. The van der Waals surface area contributed by atoms with Crippen LogP contribution in [0.4, 0.5) is 19.0 Å². The number of hydrogen-bond donors (Lipinski definition) is 1. The van der Waals surface area contributed by atoms with Crippen molar-refractivity contribution >= 4 is 17.6 Å². The molecule has 2 N–H and O–H groups in total. The first-order valence-corrected chi connectivity index (χ1v) is 6.14. The van der Waals surface area contributed by atoms with Gasteiger partial charge in [-0.15, -0.1) is 11.8 Å². The molecule has 0 fully saturated rings. The average molecular weight is 273 g/mol. The summed E-state index contributed by atoms with van der Waals surface area (Å²) in [5.74, 6) is -2.37. The molecule has 2 aromatic rings. The predicted octanol–water partition coefficient (Wildman–Crippen LogP) is 2.98. The number of rotatable bonds is 3. The molecule has 0 aliphatic rings. The van der Waals surface area contributed by atoms with E-state index in [0.29, 0.717) is 11.1 Å². The maximum absolute atomic E-state index is 13.6. The normalized spacial score (nSPS) is 10.9. The highest BCUT2D eigenvalue weighted by molar-refractivity contribution is 7.99. The molecule has 0 radical (unpaired) electrons. The third-order valence-electron chi connectivity index (χ3n) is 2.22. The first-order valence-electron chi connectivity index (χ1n) is 5.16. The Balaban J connectivity index is 2.51. The number of nitrogens with zero attached hydrogens (tertiary/aromatic N) is 2. The SMILES string of the molecule is CCSc1cc(N)n(-c2cc(F)c(F)cc2F)n1. The Morgan fingerprint density at radius 2 is 1.83 bits per heavy atom. The minimum Gasteiger partial charge on any atom is -0.384 e. The summed E-state index contributed by atoms with van der Waals surface area (Å²) in [6, 6.07) is 2.75. The highest BCUT2D eigenvalue weighted by Gasteiger charge is 2.15. The monoisotopic (exact) mass is 273 g/mol. The van der Waals surface area contributed by atoms with Gasteiger partial charge in [-0.05, 0) is 5.75 Å². The molecule has 0 aliphatic heterocycles. The van der Waals surface area contributed by atoms with Gasteiger partial charge >= 0.3 is 0 Å². The molecule has 0 saturated carbocycles. The topological polar surface area (TPSA) is 43.8 Å². The second-order valence-corrected chi connectivity index (χ2v) is 4.75. The van der Waals surface area contributed by atoms with E-state index in [1.54, 1.807) is 6.07 Å². The maximum Gasteiger partial charge on any atom is 0.161 e. The van der Waals surface area contributed by atoms with Crippen molar-refractivity contribution in [2.24, 2.45) is 0 Å². The first kappa shape index (κ1) is 12.8. The molecule has 2 rings (SSSR count). The maximum atomic E-state index is 13.6. The summed E-state index contributed by atoms with van der Waals surface area (Å²) in [4.78, 5) is 0. The van der Waals surface area contributed by atoms with Crippen LogP contribution in [0.15, 0.2) is 23.2 Å². The summed E-state index contributed by atoms with van der Waals surface area (Å²) in [5.41, 5.74) is 5.45. The van der Waals surface area contributed by atoms with E-state index >= 15 is 0 Å². The van der Waals surface area contributed by atoms with E-state index in [9.17, 15) is 13.2 Å². The van der Waals surface area contributed by atoms with Crippen molar-refractivity contribution in [2.45, 2.75) is 11.9 Å². The van der Waals surface area contributed by atoms with Gasteiger partial charge in [0.05, 0.1) is 0 Å². The van der Waals surface area contributed by atoms with E-state index in [4.69, 9.17) is 5.73 Å². The van der Waals surface area contributed by atoms with Crippen LogP contribution in [0.3, 0.4) is 0 Å². The number of benzene rings is 1. The van der Waals surface area contributed by atoms with Crippen LogP contribution in [0.1, 0.15) is 6.92 Å². The van der Waals surface area contributed by atoms with Gasteiger partial charge in [-0.3, -0.25) is 0 Å². The fourth-order valence-electron chi connectivity index (χ4n) is 1.46. The molecule has 1 aromatic heterocycles. The van der Waals surface area contributed by atoms with Gasteiger partial charge in [-0.1, -0.05) is 6.92 Å². The number of thioether (sulfide) groups is 1. The van der Waals surface area contributed by atoms with Crippen molar-refractivity contribution in [3.05, 3.63) is 35.7 Å². The Hall–Kier alpha value is -1.63. The Kier molecular flexibility index (Phi) is 3.51. The second-order valence-electron chi connectivity index (χ2n) is 3.47. The fraction of sp³-hybridized carbons (Fsp3) is 0.182. The Labute approximate surface area is 106 Å². The lowest BCUT2D eigenvalue weighted by Gasteiger charge is -2.05. The van der Waals surface area contributed by atoms with Gasteiger partial charge in [0.1, 0.15) is 16.5 Å². The zero-order chi connectivity index (χ0) is 13.3. The second kappa shape index (κ2) is 4.93. The lowest BCUT2D eigenvalue weighted by molar-refractivity contribution is 0.491. The number of aromatic nitrogens is 2. The molecule has 0 spiro atoms. The van der Waals surface area contributed by atoms with Crippen LogP contribution >= 0.6 is 11.8 Å². The largest absolute Gasteiger partial charge is 0.384 e. The molecule has 96 valence electrons. The highest BCUT2D eigenvalue weighted by Crippen LogP contribution is 2.24. The summed E-state index contributed by atoms with van der Waals surface area (Å²) in [6.45, 7) is 1.93. The molecule has 3 nitrogen and oxygen atoms in total. The van der Waals surface area contributed by atoms with Gasteiger partial charge in [0.25, 0.3) is 0 Å². The minimum absolute atomic E-state index is 0.163. The average Bonchev–Trinajstić information content (AvgIpc) is 2.65. The molecule has 18 heavy (non-hydrogen) atoms. The molecule has 0 aliphatic carbocycles. The summed E-state index contributed by atoms with van der Waals surface area (Å²) >= 11 is 1.42. The fourth-order valence-corrected chi connectivity index (χ4v) is 2.10. The van der Waals surface area contributed by atoms with Crippen LogP contribution in [-0.2, 0) is 0 Å². The predicted molar refractivity (Wildman–Crippen MR) is 64.2 cm³/mol. The molecule has 0 unspecified atom stereocenters. The Morgan fingerprint density at radius 3 is 2.50 bits per heavy atom. The zero-order valence-electron chi connectivity index (χ0n) is 9.45. The smallest absolute Gasteiger partial charge is 0.161 e. The van der Waals surface area contributed by atoms with Crippen LogP contribution in [0.25, 0.3) is 5.69 Å². The Bertz CT molecular complexity index is 583. The van der Waals surface area contributed by atoms with Gasteiger partial charge in [0.2, 0.25) is 0 Å². The zero-order valence-corrected chi connectivity index (χ0v) is 10.3. The van der Waals surface area contributed by atoms with Gasteiger partial charge in [0.15, 0.2) is 17.5 Å². The number of nitrogen functional groups attached to an aromatic ring is 1. The van der Waals surface area contributed by atoms with Crippen molar-refractivity contribution in [3.63, 3.8) is 0 Å². The van der Waals surface area contributed by atoms with Crippen LogP contribution in [0, 0.1) is 17.5 Å². The van der Waals surface area contributed by atoms with Crippen molar-refractivity contribution < 1.29 is 13.2 Å². The van der Waals surface area contributed by atoms with Crippen LogP contribution in [-0.4, -0.2) is 15.5 Å². The molecule has 7 heteroatoms. The van der Waals surface area contributed by atoms with Crippen molar-refractivity contribution in [1.82, 2.24) is 9.78 Å². The van der Waals surface area contributed by atoms with Crippen molar-refractivity contribution in [3.8, 4) is 5.69 Å². The van der Waals surface area contributed by atoms with Gasteiger partial charge in [-0.2, -0.15) is 5.10 Å². The molecular weight excluding hydrogens is 263 g/mol. The molecule has 0 amide bonds. The molecule has 0 bridgehead atoms. The number of nitrogens with two attached hydrogens (primary N) is 1. The number of hydrogen-bond acceptors (Lipinski definition) is 3. The summed E-state index contributed by atoms with van der Waals surface area (Å²) in [7, 11) is 0. The Morgan fingerprint density at radius 1 is 1.17 bits per heavy atom. The van der Waals surface area contributed by atoms with Crippen molar-refractivity contribution in [1.29, 1.82) is 0 Å². The van der Waals surface area contributed by atoms with E-state index in [-0.39, 0.29) is 11.5 Å². The summed E-state index contributed by atoms with van der Waals surface area (Å²) in [5, 5.41) is 4.62. The quantitative estimate of drug-likeness (QED) is 0.690. The molecule has 1 aromatic carbocycles. The van der Waals surface area contributed by atoms with E-state index in [1.165, 1.54) is 11.8 Å².